The lowest BCUT2D eigenvalue weighted by Gasteiger charge is -2.10. The molecule has 0 fully saturated rings. The van der Waals surface area contributed by atoms with Gasteiger partial charge in [-0.2, -0.15) is 11.3 Å². The van der Waals surface area contributed by atoms with E-state index in [2.05, 4.69) is 10.7 Å². The van der Waals surface area contributed by atoms with Crippen LogP contribution in [0.15, 0.2) is 35.0 Å². The molecule has 1 N–H and O–H groups in total. The van der Waals surface area contributed by atoms with Crippen molar-refractivity contribution in [3.8, 4) is 0 Å². The summed E-state index contributed by atoms with van der Waals surface area (Å²) >= 11 is 7.57. The van der Waals surface area contributed by atoms with Crippen molar-refractivity contribution in [1.29, 1.82) is 0 Å². The van der Waals surface area contributed by atoms with Gasteiger partial charge in [0, 0.05) is 11.6 Å². The molecule has 3 nitrogen and oxygen atoms in total. The molecule has 0 aliphatic heterocycles. The van der Waals surface area contributed by atoms with Gasteiger partial charge in [0.25, 0.3) is 0 Å². The Bertz CT molecular complexity index is 540. The lowest BCUT2D eigenvalue weighted by molar-refractivity contribution is 0.0602. The maximum Gasteiger partial charge on any atom is 0.339 e. The number of benzene rings is 1. The van der Waals surface area contributed by atoms with Crippen molar-refractivity contribution < 1.29 is 9.53 Å². The van der Waals surface area contributed by atoms with Crippen LogP contribution in [0.2, 0.25) is 5.02 Å². The molecule has 0 amide bonds. The van der Waals surface area contributed by atoms with Gasteiger partial charge in [0.1, 0.15) is 0 Å². The fourth-order valence-corrected chi connectivity index (χ4v) is 2.38. The van der Waals surface area contributed by atoms with Crippen LogP contribution in [0, 0.1) is 0 Å². The topological polar surface area (TPSA) is 38.3 Å². The first-order chi connectivity index (χ1) is 8.70. The van der Waals surface area contributed by atoms with E-state index < -0.39 is 0 Å². The zero-order valence-electron chi connectivity index (χ0n) is 9.77. The first-order valence-corrected chi connectivity index (χ1v) is 6.65. The quantitative estimate of drug-likeness (QED) is 0.866. The van der Waals surface area contributed by atoms with Crippen molar-refractivity contribution in [2.45, 2.75) is 6.54 Å². The zero-order valence-corrected chi connectivity index (χ0v) is 11.3. The highest BCUT2D eigenvalue weighted by Gasteiger charge is 2.11. The summed E-state index contributed by atoms with van der Waals surface area (Å²) in [7, 11) is 1.36. The number of methoxy groups -OCH3 is 1. The summed E-state index contributed by atoms with van der Waals surface area (Å²) in [6.45, 7) is 0.647. The number of carbonyl (C=O) groups excluding carboxylic acids is 1. The van der Waals surface area contributed by atoms with E-state index in [0.717, 1.165) is 5.56 Å². The van der Waals surface area contributed by atoms with Gasteiger partial charge in [-0.25, -0.2) is 4.79 Å². The minimum Gasteiger partial charge on any atom is -0.465 e. The van der Waals surface area contributed by atoms with Gasteiger partial charge in [-0.1, -0.05) is 11.6 Å². The summed E-state index contributed by atoms with van der Waals surface area (Å²) in [6.07, 6.45) is 0. The highest BCUT2D eigenvalue weighted by molar-refractivity contribution is 7.07. The number of thiophene rings is 1. The summed E-state index contributed by atoms with van der Waals surface area (Å²) in [5.74, 6) is -0.375. The summed E-state index contributed by atoms with van der Waals surface area (Å²) < 4.78 is 4.73. The number of hydrogen-bond donors (Lipinski definition) is 1. The Labute approximate surface area is 114 Å². The average molecular weight is 282 g/mol. The molecule has 18 heavy (non-hydrogen) atoms. The number of anilines is 1. The second kappa shape index (κ2) is 5.89. The van der Waals surface area contributed by atoms with E-state index in [9.17, 15) is 4.79 Å². The number of hydrogen-bond acceptors (Lipinski definition) is 4. The van der Waals surface area contributed by atoms with Gasteiger partial charge in [-0.15, -0.1) is 0 Å². The van der Waals surface area contributed by atoms with Crippen LogP contribution in [0.25, 0.3) is 0 Å². The summed E-state index contributed by atoms with van der Waals surface area (Å²) in [5, 5.41) is 7.83. The molecule has 1 aromatic heterocycles. The molecule has 0 saturated heterocycles. The van der Waals surface area contributed by atoms with Gasteiger partial charge in [-0.05, 0) is 40.6 Å². The molecule has 0 aliphatic carbocycles. The van der Waals surface area contributed by atoms with Crippen molar-refractivity contribution >= 4 is 34.6 Å². The van der Waals surface area contributed by atoms with Crippen molar-refractivity contribution in [2.75, 3.05) is 12.4 Å². The van der Waals surface area contributed by atoms with E-state index >= 15 is 0 Å². The van der Waals surface area contributed by atoms with E-state index in [1.165, 1.54) is 7.11 Å². The molecule has 1 heterocycles. The van der Waals surface area contributed by atoms with E-state index in [0.29, 0.717) is 22.8 Å². The van der Waals surface area contributed by atoms with Gasteiger partial charge in [-0.3, -0.25) is 0 Å². The maximum absolute atomic E-state index is 11.6. The van der Waals surface area contributed by atoms with Gasteiger partial charge < -0.3 is 10.1 Å². The number of rotatable bonds is 4. The van der Waals surface area contributed by atoms with Gasteiger partial charge in [0.2, 0.25) is 0 Å². The molecule has 0 bridgehead atoms. The predicted octanol–water partition coefficient (Wildman–Crippen LogP) is 3.80. The van der Waals surface area contributed by atoms with E-state index in [-0.39, 0.29) is 5.97 Å². The van der Waals surface area contributed by atoms with Gasteiger partial charge in [0.05, 0.1) is 18.4 Å². The highest BCUT2D eigenvalue weighted by atomic mass is 35.5. The Hall–Kier alpha value is -1.52. The normalized spacial score (nSPS) is 10.1. The average Bonchev–Trinajstić information content (AvgIpc) is 2.88. The zero-order chi connectivity index (χ0) is 13.0. The first-order valence-electron chi connectivity index (χ1n) is 5.33. The summed E-state index contributed by atoms with van der Waals surface area (Å²) in [6, 6.07) is 7.08. The minimum absolute atomic E-state index is 0.375. The number of ether oxygens (including phenoxy) is 1. The third-order valence-corrected chi connectivity index (χ3v) is 3.42. The molecule has 0 atom stereocenters. The molecule has 2 aromatic rings. The Balaban J connectivity index is 2.19. The molecule has 1 aromatic carbocycles. The van der Waals surface area contributed by atoms with Crippen LogP contribution < -0.4 is 5.32 Å². The number of halogens is 1. The van der Waals surface area contributed by atoms with Crippen LogP contribution in [0.1, 0.15) is 15.9 Å². The SMILES string of the molecule is COC(=O)c1ccc(Cl)cc1NCc1ccsc1. The predicted molar refractivity (Wildman–Crippen MR) is 74.4 cm³/mol. The lowest BCUT2D eigenvalue weighted by Crippen LogP contribution is -2.08. The highest BCUT2D eigenvalue weighted by Crippen LogP contribution is 2.22. The number of esters is 1. The molecular weight excluding hydrogens is 270 g/mol. The Morgan fingerprint density at radius 1 is 1.44 bits per heavy atom. The van der Waals surface area contributed by atoms with Crippen LogP contribution in [0.4, 0.5) is 5.69 Å². The van der Waals surface area contributed by atoms with Crippen LogP contribution in [-0.4, -0.2) is 13.1 Å². The van der Waals surface area contributed by atoms with Crippen molar-refractivity contribution in [3.63, 3.8) is 0 Å². The van der Waals surface area contributed by atoms with Crippen molar-refractivity contribution in [2.24, 2.45) is 0 Å². The van der Waals surface area contributed by atoms with E-state index in [1.54, 1.807) is 29.5 Å². The Morgan fingerprint density at radius 2 is 2.28 bits per heavy atom. The van der Waals surface area contributed by atoms with Crippen LogP contribution in [0.5, 0.6) is 0 Å². The molecule has 94 valence electrons. The standard InChI is InChI=1S/C13H12ClNO2S/c1-17-13(16)11-3-2-10(14)6-12(11)15-7-9-4-5-18-8-9/h2-6,8,15H,7H2,1H3. The largest absolute Gasteiger partial charge is 0.465 e. The van der Waals surface area contributed by atoms with Gasteiger partial charge >= 0.3 is 5.97 Å². The van der Waals surface area contributed by atoms with Crippen molar-refractivity contribution in [3.05, 3.63) is 51.2 Å². The molecule has 0 unspecified atom stereocenters. The Morgan fingerprint density at radius 3 is 2.94 bits per heavy atom. The molecule has 2 rings (SSSR count). The van der Waals surface area contributed by atoms with E-state index in [1.807, 2.05) is 11.4 Å². The third-order valence-electron chi connectivity index (χ3n) is 2.45. The van der Waals surface area contributed by atoms with Gasteiger partial charge in [0.15, 0.2) is 0 Å². The van der Waals surface area contributed by atoms with Crippen LogP contribution in [0.3, 0.4) is 0 Å². The lowest BCUT2D eigenvalue weighted by atomic mass is 10.1. The monoisotopic (exact) mass is 281 g/mol. The van der Waals surface area contributed by atoms with Crippen LogP contribution in [-0.2, 0) is 11.3 Å². The fourth-order valence-electron chi connectivity index (χ4n) is 1.54. The van der Waals surface area contributed by atoms with E-state index in [4.69, 9.17) is 16.3 Å². The molecular formula is C13H12ClNO2S. The Kier molecular flexibility index (Phi) is 4.23. The second-order valence-electron chi connectivity index (χ2n) is 3.67. The molecule has 0 aliphatic rings. The van der Waals surface area contributed by atoms with Crippen molar-refractivity contribution in [1.82, 2.24) is 0 Å². The smallest absolute Gasteiger partial charge is 0.339 e. The second-order valence-corrected chi connectivity index (χ2v) is 4.88. The maximum atomic E-state index is 11.6. The third kappa shape index (κ3) is 3.03. The molecule has 0 spiro atoms. The molecule has 0 saturated carbocycles. The summed E-state index contributed by atoms with van der Waals surface area (Å²) in [5.41, 5.74) is 2.33. The molecule has 0 radical (unpaired) electrons. The molecule has 5 heteroatoms. The number of nitrogens with one attached hydrogen (secondary N) is 1. The summed E-state index contributed by atoms with van der Waals surface area (Å²) in [4.78, 5) is 11.6. The van der Waals surface area contributed by atoms with Crippen LogP contribution >= 0.6 is 22.9 Å². The first kappa shape index (κ1) is 12.9. The minimum atomic E-state index is -0.375. The fraction of sp³-hybridized carbons (Fsp3) is 0.154. The number of carbonyl (C=O) groups is 1.